The van der Waals surface area contributed by atoms with E-state index in [0.29, 0.717) is 48.1 Å². The molecule has 0 saturated carbocycles. The number of carbonyl (C=O) groups excluding carboxylic acids is 2. The second kappa shape index (κ2) is 11.5. The lowest BCUT2D eigenvalue weighted by Gasteiger charge is -2.27. The largest absolute Gasteiger partial charge is 0.507 e. The number of likely N-dealkylation sites (N-methyl/N-ethyl adjacent to an activating group) is 1. The van der Waals surface area contributed by atoms with Crippen LogP contribution in [0.3, 0.4) is 0 Å². The molecule has 1 atom stereocenters. The Morgan fingerprint density at radius 3 is 2.36 bits per heavy atom. The van der Waals surface area contributed by atoms with Gasteiger partial charge in [0.05, 0.1) is 31.4 Å². The maximum absolute atomic E-state index is 13.3. The van der Waals surface area contributed by atoms with Crippen LogP contribution in [0, 0.1) is 6.92 Å². The number of aryl methyl sites for hydroxylation is 1. The van der Waals surface area contributed by atoms with Crippen LogP contribution in [-0.4, -0.2) is 73.6 Å². The van der Waals surface area contributed by atoms with Crippen LogP contribution in [0.2, 0.25) is 0 Å². The monoisotopic (exact) mass is 496 g/mol. The third-order valence-electron chi connectivity index (χ3n) is 5.94. The first-order valence-corrected chi connectivity index (χ1v) is 12.1. The van der Waals surface area contributed by atoms with E-state index in [9.17, 15) is 14.7 Å². The van der Waals surface area contributed by atoms with E-state index in [1.54, 1.807) is 36.4 Å². The number of aliphatic hydroxyl groups is 1. The van der Waals surface area contributed by atoms with Gasteiger partial charge in [0.15, 0.2) is 11.5 Å². The van der Waals surface area contributed by atoms with Gasteiger partial charge < -0.3 is 29.1 Å². The number of nitrogens with zero attached hydrogens (tertiary/aromatic N) is 2. The second-order valence-electron chi connectivity index (χ2n) is 9.29. The van der Waals surface area contributed by atoms with Crippen LogP contribution in [0.4, 0.5) is 0 Å². The number of amides is 1. The maximum atomic E-state index is 13.3. The molecule has 0 aromatic heterocycles. The predicted octanol–water partition coefficient (Wildman–Crippen LogP) is 4.17. The lowest BCUT2D eigenvalue weighted by molar-refractivity contribution is -0.140. The van der Waals surface area contributed by atoms with Gasteiger partial charge in [0, 0.05) is 18.7 Å². The van der Waals surface area contributed by atoms with Crippen LogP contribution in [-0.2, 0) is 9.59 Å². The van der Waals surface area contributed by atoms with E-state index in [1.807, 2.05) is 46.7 Å². The Balaban J connectivity index is 2.16. The van der Waals surface area contributed by atoms with E-state index in [4.69, 9.17) is 14.2 Å². The van der Waals surface area contributed by atoms with Gasteiger partial charge in [-0.1, -0.05) is 6.07 Å². The number of carbonyl (C=O) groups is 2. The minimum absolute atomic E-state index is 0.0434. The number of aliphatic hydroxyl groups excluding tert-OH is 1. The molecule has 0 bridgehead atoms. The van der Waals surface area contributed by atoms with E-state index < -0.39 is 17.7 Å². The molecule has 1 aliphatic heterocycles. The molecule has 2 aromatic carbocycles. The van der Waals surface area contributed by atoms with Crippen molar-refractivity contribution < 1.29 is 28.9 Å². The van der Waals surface area contributed by atoms with Crippen LogP contribution in [0.15, 0.2) is 42.0 Å². The number of hydrogen-bond acceptors (Lipinski definition) is 7. The second-order valence-corrected chi connectivity index (χ2v) is 9.29. The summed E-state index contributed by atoms with van der Waals surface area (Å²) in [6.07, 6.45) is -0.0571. The number of hydrogen-bond donors (Lipinski definition) is 1. The van der Waals surface area contributed by atoms with E-state index in [2.05, 4.69) is 0 Å². The van der Waals surface area contributed by atoms with Gasteiger partial charge in [-0.3, -0.25) is 9.59 Å². The van der Waals surface area contributed by atoms with E-state index in [1.165, 1.54) is 12.0 Å². The molecule has 1 aliphatic rings. The lowest BCUT2D eigenvalue weighted by atomic mass is 9.94. The molecule has 0 spiro atoms. The molecule has 1 saturated heterocycles. The van der Waals surface area contributed by atoms with Gasteiger partial charge >= 0.3 is 0 Å². The fraction of sp³-hybridized carbons (Fsp3) is 0.429. The third-order valence-corrected chi connectivity index (χ3v) is 5.94. The molecular formula is C28H36N2O6. The van der Waals surface area contributed by atoms with Crippen molar-refractivity contribution in [1.29, 1.82) is 0 Å². The summed E-state index contributed by atoms with van der Waals surface area (Å²) in [5.41, 5.74) is 1.95. The molecular weight excluding hydrogens is 460 g/mol. The molecule has 1 unspecified atom stereocenters. The number of benzene rings is 2. The summed E-state index contributed by atoms with van der Waals surface area (Å²) >= 11 is 0. The Bertz CT molecular complexity index is 1150. The number of methoxy groups -OCH3 is 1. The zero-order valence-corrected chi connectivity index (χ0v) is 22.1. The van der Waals surface area contributed by atoms with E-state index >= 15 is 0 Å². The van der Waals surface area contributed by atoms with Crippen molar-refractivity contribution in [2.24, 2.45) is 0 Å². The SMILES string of the molecule is CCOc1ccc(/C(O)=C2/C(=O)C(=O)N(CCN(C)C)C2c2ccc(OC(C)C)c(OC)c2)cc1C. The fourth-order valence-electron chi connectivity index (χ4n) is 4.24. The minimum Gasteiger partial charge on any atom is -0.507 e. The van der Waals surface area contributed by atoms with E-state index in [0.717, 1.165) is 5.56 Å². The normalized spacial score (nSPS) is 17.2. The lowest BCUT2D eigenvalue weighted by Crippen LogP contribution is -2.35. The summed E-state index contributed by atoms with van der Waals surface area (Å²) in [6, 6.07) is 9.75. The number of ether oxygens (including phenoxy) is 3. The summed E-state index contributed by atoms with van der Waals surface area (Å²) in [5.74, 6) is 0.151. The van der Waals surface area contributed by atoms with Crippen LogP contribution < -0.4 is 14.2 Å². The van der Waals surface area contributed by atoms with Crippen LogP contribution in [0.5, 0.6) is 17.2 Å². The van der Waals surface area contributed by atoms with E-state index in [-0.39, 0.29) is 17.4 Å². The summed E-state index contributed by atoms with van der Waals surface area (Å²) in [4.78, 5) is 29.9. The Morgan fingerprint density at radius 2 is 1.78 bits per heavy atom. The summed E-state index contributed by atoms with van der Waals surface area (Å²) in [6.45, 7) is 8.99. The molecule has 1 amide bonds. The van der Waals surface area contributed by atoms with Crippen molar-refractivity contribution in [2.75, 3.05) is 40.9 Å². The molecule has 1 heterocycles. The first-order valence-electron chi connectivity index (χ1n) is 12.1. The van der Waals surface area contributed by atoms with Gasteiger partial charge in [-0.05, 0) is 83.2 Å². The Kier molecular flexibility index (Phi) is 8.63. The van der Waals surface area contributed by atoms with Crippen molar-refractivity contribution >= 4 is 17.4 Å². The third kappa shape index (κ3) is 5.65. The molecule has 36 heavy (non-hydrogen) atoms. The van der Waals surface area contributed by atoms with Gasteiger partial charge in [-0.2, -0.15) is 0 Å². The summed E-state index contributed by atoms with van der Waals surface area (Å²) < 4.78 is 17.0. The van der Waals surface area contributed by atoms with Crippen LogP contribution in [0.1, 0.15) is 43.5 Å². The summed E-state index contributed by atoms with van der Waals surface area (Å²) in [7, 11) is 5.34. The Labute approximate surface area is 213 Å². The fourth-order valence-corrected chi connectivity index (χ4v) is 4.24. The predicted molar refractivity (Wildman–Crippen MR) is 139 cm³/mol. The highest BCUT2D eigenvalue weighted by Gasteiger charge is 2.46. The quantitative estimate of drug-likeness (QED) is 0.300. The van der Waals surface area contributed by atoms with Crippen molar-refractivity contribution in [3.8, 4) is 17.2 Å². The molecule has 194 valence electrons. The number of rotatable bonds is 10. The van der Waals surface area contributed by atoms with Crippen molar-refractivity contribution in [3.05, 3.63) is 58.7 Å². The number of ketones is 1. The van der Waals surface area contributed by atoms with Gasteiger partial charge in [0.2, 0.25) is 0 Å². The van der Waals surface area contributed by atoms with Crippen molar-refractivity contribution in [2.45, 2.75) is 39.8 Å². The van der Waals surface area contributed by atoms with Crippen LogP contribution in [0.25, 0.3) is 5.76 Å². The zero-order chi connectivity index (χ0) is 26.6. The van der Waals surface area contributed by atoms with Gasteiger partial charge in [0.1, 0.15) is 11.5 Å². The first kappa shape index (κ1) is 27.1. The minimum atomic E-state index is -0.779. The first-order chi connectivity index (χ1) is 17.1. The molecule has 2 aromatic rings. The number of Topliss-reactive ketones (excluding diaryl/α,β-unsaturated/α-hetero) is 1. The van der Waals surface area contributed by atoms with Gasteiger partial charge in [-0.15, -0.1) is 0 Å². The van der Waals surface area contributed by atoms with Gasteiger partial charge in [-0.25, -0.2) is 0 Å². The molecule has 0 radical (unpaired) electrons. The zero-order valence-electron chi connectivity index (χ0n) is 22.1. The molecule has 1 N–H and O–H groups in total. The average molecular weight is 497 g/mol. The molecule has 1 fully saturated rings. The summed E-state index contributed by atoms with van der Waals surface area (Å²) in [5, 5.41) is 11.4. The smallest absolute Gasteiger partial charge is 0.295 e. The topological polar surface area (TPSA) is 88.5 Å². The molecule has 0 aliphatic carbocycles. The molecule has 8 heteroatoms. The van der Waals surface area contributed by atoms with Gasteiger partial charge in [0.25, 0.3) is 11.7 Å². The van der Waals surface area contributed by atoms with Crippen molar-refractivity contribution in [3.63, 3.8) is 0 Å². The van der Waals surface area contributed by atoms with Crippen LogP contribution >= 0.6 is 0 Å². The Morgan fingerprint density at radius 1 is 1.08 bits per heavy atom. The average Bonchev–Trinajstić information content (AvgIpc) is 3.08. The Hall–Kier alpha value is -3.52. The van der Waals surface area contributed by atoms with Crippen molar-refractivity contribution in [1.82, 2.24) is 9.80 Å². The molecule has 8 nitrogen and oxygen atoms in total. The highest BCUT2D eigenvalue weighted by molar-refractivity contribution is 6.46. The molecule has 3 rings (SSSR count). The standard InChI is InChI=1S/C28H36N2O6/c1-8-35-21-11-10-20(15-18(21)4)26(31)24-25(30(14-13-29(5)6)28(33)27(24)32)19-9-12-22(36-17(2)3)23(16-19)34-7/h9-12,15-17,25,31H,8,13-14H2,1-7H3/b26-24-. The highest BCUT2D eigenvalue weighted by Crippen LogP contribution is 2.42. The number of likely N-dealkylation sites (tertiary alicyclic amines) is 1. The highest BCUT2D eigenvalue weighted by atomic mass is 16.5. The maximum Gasteiger partial charge on any atom is 0.295 e.